The number of imidazole rings is 1. The molecule has 2 aromatic heterocycles. The zero-order valence-electron chi connectivity index (χ0n) is 20.5. The molecule has 4 atom stereocenters. The first-order chi connectivity index (χ1) is 16.9. The number of benzene rings is 1. The fourth-order valence-corrected chi connectivity index (χ4v) is 5.63. The third-order valence-electron chi connectivity index (χ3n) is 7.31. The number of nitrogens with one attached hydrogen (secondary N) is 1. The summed E-state index contributed by atoms with van der Waals surface area (Å²) >= 11 is 0. The second-order valence-electron chi connectivity index (χ2n) is 10.4. The van der Waals surface area contributed by atoms with Crippen LogP contribution in [0.1, 0.15) is 52.0 Å². The van der Waals surface area contributed by atoms with Gasteiger partial charge in [0.25, 0.3) is 0 Å². The normalized spacial score (nSPS) is 30.2. The van der Waals surface area contributed by atoms with Crippen molar-refractivity contribution in [3.8, 4) is 0 Å². The molecule has 9 heteroatoms. The molecule has 2 saturated heterocycles. The van der Waals surface area contributed by atoms with E-state index in [0.29, 0.717) is 24.9 Å². The lowest BCUT2D eigenvalue weighted by atomic mass is 10.0. The summed E-state index contributed by atoms with van der Waals surface area (Å²) in [5, 5.41) is 3.57. The SMILES string of the molecule is CC1(C)O[C@H]2[C@@H](O1)[C@](C)(n1cnc3c(NC4CCCC4)ncnc31)O[C@@H]2COCc1ccccc1. The Morgan fingerprint density at radius 1 is 1.03 bits per heavy atom. The number of anilines is 1. The molecular weight excluding hydrogens is 446 g/mol. The van der Waals surface area contributed by atoms with E-state index in [1.807, 2.05) is 43.5 Å². The maximum absolute atomic E-state index is 6.64. The van der Waals surface area contributed by atoms with E-state index in [1.165, 1.54) is 12.8 Å². The Bertz CT molecular complexity index is 1180. The van der Waals surface area contributed by atoms with Gasteiger partial charge in [0.2, 0.25) is 0 Å². The van der Waals surface area contributed by atoms with E-state index in [4.69, 9.17) is 23.9 Å². The van der Waals surface area contributed by atoms with Crippen molar-refractivity contribution in [2.45, 2.75) is 88.9 Å². The lowest BCUT2D eigenvalue weighted by Crippen LogP contribution is -2.43. The Morgan fingerprint density at radius 2 is 1.83 bits per heavy atom. The van der Waals surface area contributed by atoms with Gasteiger partial charge in [-0.05, 0) is 39.2 Å². The minimum absolute atomic E-state index is 0.277. The second-order valence-corrected chi connectivity index (χ2v) is 10.4. The minimum atomic E-state index is -0.868. The van der Waals surface area contributed by atoms with Crippen LogP contribution in [0.25, 0.3) is 11.2 Å². The second kappa shape index (κ2) is 8.81. The van der Waals surface area contributed by atoms with Gasteiger partial charge in [0, 0.05) is 6.04 Å². The first kappa shape index (κ1) is 22.8. The predicted octanol–water partition coefficient (Wildman–Crippen LogP) is 3.99. The standard InChI is InChI=1S/C26H33N5O4/c1-25(2)34-21-19(14-32-13-17-9-5-4-6-10-17)33-26(3,22(21)35-25)31-16-29-20-23(27-15-28-24(20)31)30-18-11-7-8-12-18/h4-6,9-10,15-16,18-19,21-22H,7-8,11-14H2,1-3H3,(H,27,28,30)/t19-,21-,22-,26-/m1/s1. The zero-order valence-corrected chi connectivity index (χ0v) is 20.5. The molecule has 3 fully saturated rings. The Kier molecular flexibility index (Phi) is 5.75. The predicted molar refractivity (Wildman–Crippen MR) is 130 cm³/mol. The summed E-state index contributed by atoms with van der Waals surface area (Å²) in [7, 11) is 0. The number of hydrogen-bond acceptors (Lipinski definition) is 8. The van der Waals surface area contributed by atoms with Crippen LogP contribution in [0.3, 0.4) is 0 Å². The molecule has 0 amide bonds. The van der Waals surface area contributed by atoms with E-state index in [2.05, 4.69) is 27.4 Å². The van der Waals surface area contributed by atoms with Gasteiger partial charge in [-0.2, -0.15) is 0 Å². The molecule has 1 N–H and O–H groups in total. The smallest absolute Gasteiger partial charge is 0.174 e. The third kappa shape index (κ3) is 4.20. The highest BCUT2D eigenvalue weighted by Crippen LogP contribution is 2.47. The van der Waals surface area contributed by atoms with Crippen LogP contribution in [0.15, 0.2) is 43.0 Å². The third-order valence-corrected chi connectivity index (χ3v) is 7.31. The summed E-state index contributed by atoms with van der Waals surface area (Å²) in [6.07, 6.45) is 7.24. The van der Waals surface area contributed by atoms with Gasteiger partial charge in [-0.1, -0.05) is 43.2 Å². The van der Waals surface area contributed by atoms with Crippen molar-refractivity contribution in [1.29, 1.82) is 0 Å². The Balaban J connectivity index is 1.27. The number of fused-ring (bicyclic) bond motifs is 2. The van der Waals surface area contributed by atoms with Gasteiger partial charge in [0.15, 0.2) is 28.5 Å². The van der Waals surface area contributed by atoms with Gasteiger partial charge in [-0.25, -0.2) is 15.0 Å². The number of ether oxygens (including phenoxy) is 4. The van der Waals surface area contributed by atoms with E-state index in [-0.39, 0.29) is 18.3 Å². The van der Waals surface area contributed by atoms with Gasteiger partial charge in [0.1, 0.15) is 24.6 Å². The van der Waals surface area contributed by atoms with Crippen molar-refractivity contribution in [1.82, 2.24) is 19.5 Å². The molecule has 9 nitrogen and oxygen atoms in total. The summed E-state index contributed by atoms with van der Waals surface area (Å²) in [5.41, 5.74) is 1.70. The maximum Gasteiger partial charge on any atom is 0.174 e. The molecular formula is C26H33N5O4. The molecule has 4 heterocycles. The molecule has 1 aliphatic carbocycles. The molecule has 35 heavy (non-hydrogen) atoms. The monoisotopic (exact) mass is 479 g/mol. The molecule has 3 aliphatic rings. The van der Waals surface area contributed by atoms with Gasteiger partial charge in [-0.15, -0.1) is 0 Å². The highest BCUT2D eigenvalue weighted by Gasteiger charge is 2.62. The van der Waals surface area contributed by atoms with Crippen LogP contribution in [0.5, 0.6) is 0 Å². The first-order valence-corrected chi connectivity index (χ1v) is 12.5. The van der Waals surface area contributed by atoms with Crippen LogP contribution >= 0.6 is 0 Å². The topological polar surface area (TPSA) is 92.6 Å². The molecule has 0 spiro atoms. The Labute approximate surface area is 205 Å². The largest absolute Gasteiger partial charge is 0.374 e. The van der Waals surface area contributed by atoms with E-state index in [0.717, 1.165) is 29.7 Å². The van der Waals surface area contributed by atoms with Crippen molar-refractivity contribution < 1.29 is 18.9 Å². The highest BCUT2D eigenvalue weighted by molar-refractivity contribution is 5.83. The van der Waals surface area contributed by atoms with Crippen LogP contribution in [0, 0.1) is 0 Å². The van der Waals surface area contributed by atoms with Crippen molar-refractivity contribution in [3.05, 3.63) is 48.5 Å². The summed E-state index contributed by atoms with van der Waals surface area (Å²) < 4.78 is 27.3. The van der Waals surface area contributed by atoms with Gasteiger partial charge in [-0.3, -0.25) is 4.57 Å². The van der Waals surface area contributed by atoms with Crippen LogP contribution in [-0.4, -0.2) is 56.3 Å². The van der Waals surface area contributed by atoms with E-state index in [9.17, 15) is 0 Å². The molecule has 0 radical (unpaired) electrons. The lowest BCUT2D eigenvalue weighted by Gasteiger charge is -2.32. The molecule has 6 rings (SSSR count). The summed E-state index contributed by atoms with van der Waals surface area (Å²) in [6.45, 7) is 6.79. The van der Waals surface area contributed by atoms with Gasteiger partial charge < -0.3 is 24.3 Å². The van der Waals surface area contributed by atoms with Crippen molar-refractivity contribution in [2.75, 3.05) is 11.9 Å². The Hall–Kier alpha value is -2.59. The highest BCUT2D eigenvalue weighted by atomic mass is 16.8. The van der Waals surface area contributed by atoms with Crippen LogP contribution in [0.4, 0.5) is 5.82 Å². The van der Waals surface area contributed by atoms with E-state index >= 15 is 0 Å². The van der Waals surface area contributed by atoms with Crippen molar-refractivity contribution in [3.63, 3.8) is 0 Å². The van der Waals surface area contributed by atoms with Gasteiger partial charge >= 0.3 is 0 Å². The van der Waals surface area contributed by atoms with Crippen LogP contribution < -0.4 is 5.32 Å². The molecule has 0 unspecified atom stereocenters. The number of nitrogens with zero attached hydrogens (tertiary/aromatic N) is 4. The molecule has 1 aromatic carbocycles. The minimum Gasteiger partial charge on any atom is -0.374 e. The van der Waals surface area contributed by atoms with Crippen molar-refractivity contribution >= 4 is 17.0 Å². The molecule has 0 bridgehead atoms. The molecule has 2 aliphatic heterocycles. The quantitative estimate of drug-likeness (QED) is 0.544. The summed E-state index contributed by atoms with van der Waals surface area (Å²) in [6, 6.07) is 10.6. The molecule has 186 valence electrons. The van der Waals surface area contributed by atoms with Crippen LogP contribution in [0.2, 0.25) is 0 Å². The summed E-state index contributed by atoms with van der Waals surface area (Å²) in [4.78, 5) is 13.8. The van der Waals surface area contributed by atoms with Crippen LogP contribution in [-0.2, 0) is 31.3 Å². The molecule has 3 aromatic rings. The Morgan fingerprint density at radius 3 is 2.63 bits per heavy atom. The number of hydrogen-bond donors (Lipinski definition) is 1. The fraction of sp³-hybridized carbons (Fsp3) is 0.577. The summed E-state index contributed by atoms with van der Waals surface area (Å²) in [5.74, 6) is 0.0453. The average Bonchev–Trinajstić information content (AvgIpc) is 3.61. The first-order valence-electron chi connectivity index (χ1n) is 12.5. The van der Waals surface area contributed by atoms with Gasteiger partial charge in [0.05, 0.1) is 19.5 Å². The fourth-order valence-electron chi connectivity index (χ4n) is 5.63. The number of aromatic nitrogens is 4. The zero-order chi connectivity index (χ0) is 24.0. The average molecular weight is 480 g/mol. The number of rotatable bonds is 7. The lowest BCUT2D eigenvalue weighted by molar-refractivity contribution is -0.230. The van der Waals surface area contributed by atoms with E-state index in [1.54, 1.807) is 12.7 Å². The van der Waals surface area contributed by atoms with E-state index < -0.39 is 11.5 Å². The molecule has 1 saturated carbocycles. The maximum atomic E-state index is 6.64. The van der Waals surface area contributed by atoms with Crippen molar-refractivity contribution in [2.24, 2.45) is 0 Å².